The molecule has 1 unspecified atom stereocenters. The molecule has 0 bridgehead atoms. The Hall–Kier alpha value is -1.66. The number of rotatable bonds is 6. The lowest BCUT2D eigenvalue weighted by Gasteiger charge is -2.19. The zero-order valence-electron chi connectivity index (χ0n) is 11.5. The maximum absolute atomic E-state index is 11.9. The quantitative estimate of drug-likeness (QED) is 0.855. The molecule has 0 fully saturated rings. The monoisotopic (exact) mass is 294 g/mol. The van der Waals surface area contributed by atoms with Gasteiger partial charge in [0.15, 0.2) is 10.8 Å². The Labute approximate surface area is 121 Å². The molecule has 108 valence electrons. The SMILES string of the molecule is CC(C)C(CO)NC(=O)Cc1csc(-c2ccco2)n1. The van der Waals surface area contributed by atoms with Gasteiger partial charge in [-0.25, -0.2) is 4.98 Å². The Bertz CT molecular complexity index is 549. The van der Waals surface area contributed by atoms with Crippen molar-refractivity contribution in [2.75, 3.05) is 6.61 Å². The van der Waals surface area contributed by atoms with Crippen molar-refractivity contribution in [3.8, 4) is 10.8 Å². The van der Waals surface area contributed by atoms with E-state index in [2.05, 4.69) is 10.3 Å². The second-order valence-corrected chi connectivity index (χ2v) is 5.76. The van der Waals surface area contributed by atoms with Crippen molar-refractivity contribution < 1.29 is 14.3 Å². The Morgan fingerprint density at radius 2 is 2.35 bits per heavy atom. The van der Waals surface area contributed by atoms with E-state index in [0.717, 1.165) is 5.01 Å². The average molecular weight is 294 g/mol. The highest BCUT2D eigenvalue weighted by molar-refractivity contribution is 7.13. The van der Waals surface area contributed by atoms with E-state index in [1.165, 1.54) is 11.3 Å². The van der Waals surface area contributed by atoms with E-state index in [-0.39, 0.29) is 30.9 Å². The molecular formula is C14H18N2O3S. The normalized spacial score (nSPS) is 12.6. The van der Waals surface area contributed by atoms with Crippen molar-refractivity contribution in [3.05, 3.63) is 29.5 Å². The van der Waals surface area contributed by atoms with E-state index in [9.17, 15) is 9.90 Å². The fourth-order valence-corrected chi connectivity index (χ4v) is 2.53. The van der Waals surface area contributed by atoms with Crippen molar-refractivity contribution in [1.82, 2.24) is 10.3 Å². The Morgan fingerprint density at radius 1 is 1.55 bits per heavy atom. The first-order valence-corrected chi connectivity index (χ1v) is 7.36. The summed E-state index contributed by atoms with van der Waals surface area (Å²) in [4.78, 5) is 16.3. The lowest BCUT2D eigenvalue weighted by Crippen LogP contribution is -2.41. The van der Waals surface area contributed by atoms with E-state index >= 15 is 0 Å². The van der Waals surface area contributed by atoms with Gasteiger partial charge in [-0.2, -0.15) is 0 Å². The van der Waals surface area contributed by atoms with E-state index < -0.39 is 0 Å². The van der Waals surface area contributed by atoms with Gasteiger partial charge in [0.25, 0.3) is 0 Å². The van der Waals surface area contributed by atoms with Gasteiger partial charge in [-0.1, -0.05) is 13.8 Å². The van der Waals surface area contributed by atoms with Crippen molar-refractivity contribution >= 4 is 17.2 Å². The zero-order valence-corrected chi connectivity index (χ0v) is 12.3. The number of furan rings is 1. The van der Waals surface area contributed by atoms with Crippen molar-refractivity contribution in [2.24, 2.45) is 5.92 Å². The zero-order chi connectivity index (χ0) is 14.5. The van der Waals surface area contributed by atoms with Gasteiger partial charge in [-0.05, 0) is 18.1 Å². The fraction of sp³-hybridized carbons (Fsp3) is 0.429. The van der Waals surface area contributed by atoms with Crippen LogP contribution in [0, 0.1) is 5.92 Å². The summed E-state index contributed by atoms with van der Waals surface area (Å²) in [5.74, 6) is 0.768. The molecule has 20 heavy (non-hydrogen) atoms. The van der Waals surface area contributed by atoms with Gasteiger partial charge >= 0.3 is 0 Å². The van der Waals surface area contributed by atoms with Crippen LogP contribution in [0.5, 0.6) is 0 Å². The van der Waals surface area contributed by atoms with Crippen LogP contribution in [0.3, 0.4) is 0 Å². The smallest absolute Gasteiger partial charge is 0.226 e. The molecule has 5 nitrogen and oxygen atoms in total. The molecule has 1 amide bonds. The second kappa shape index (κ2) is 6.67. The molecule has 0 aliphatic carbocycles. The molecule has 6 heteroatoms. The molecule has 2 aromatic heterocycles. The number of nitrogens with zero attached hydrogens (tertiary/aromatic N) is 1. The van der Waals surface area contributed by atoms with Gasteiger partial charge in [0, 0.05) is 5.38 Å². The molecule has 0 radical (unpaired) electrons. The number of aromatic nitrogens is 1. The van der Waals surface area contributed by atoms with Crippen LogP contribution in [0.25, 0.3) is 10.8 Å². The van der Waals surface area contributed by atoms with Crippen molar-refractivity contribution in [2.45, 2.75) is 26.3 Å². The minimum absolute atomic E-state index is 0.0574. The van der Waals surface area contributed by atoms with Gasteiger partial charge in [-0.3, -0.25) is 4.79 Å². The van der Waals surface area contributed by atoms with E-state index in [1.807, 2.05) is 25.3 Å². The molecule has 2 heterocycles. The van der Waals surface area contributed by atoms with Crippen LogP contribution in [0.1, 0.15) is 19.5 Å². The van der Waals surface area contributed by atoms with Crippen molar-refractivity contribution in [3.63, 3.8) is 0 Å². The van der Waals surface area contributed by atoms with Gasteiger partial charge in [0.2, 0.25) is 5.91 Å². The lowest BCUT2D eigenvalue weighted by atomic mass is 10.1. The molecule has 0 saturated heterocycles. The number of carbonyl (C=O) groups is 1. The number of nitrogens with one attached hydrogen (secondary N) is 1. The molecule has 2 rings (SSSR count). The third-order valence-electron chi connectivity index (χ3n) is 2.97. The first kappa shape index (κ1) is 14.7. The predicted octanol–water partition coefficient (Wildman–Crippen LogP) is 2.08. The van der Waals surface area contributed by atoms with E-state index in [4.69, 9.17) is 4.42 Å². The molecular weight excluding hydrogens is 276 g/mol. The maximum atomic E-state index is 11.9. The molecule has 0 aliphatic rings. The second-order valence-electron chi connectivity index (χ2n) is 4.90. The number of hydrogen-bond acceptors (Lipinski definition) is 5. The summed E-state index contributed by atoms with van der Waals surface area (Å²) >= 11 is 1.45. The summed E-state index contributed by atoms with van der Waals surface area (Å²) < 4.78 is 5.27. The van der Waals surface area contributed by atoms with Crippen LogP contribution in [-0.2, 0) is 11.2 Å². The highest BCUT2D eigenvalue weighted by Crippen LogP contribution is 2.24. The van der Waals surface area contributed by atoms with Gasteiger partial charge < -0.3 is 14.8 Å². The molecule has 1 atom stereocenters. The number of aliphatic hydroxyl groups excluding tert-OH is 1. The van der Waals surface area contributed by atoms with Gasteiger partial charge in [-0.15, -0.1) is 11.3 Å². The summed E-state index contributed by atoms with van der Waals surface area (Å²) in [5, 5.41) is 14.6. The number of amides is 1. The topological polar surface area (TPSA) is 75.4 Å². The molecule has 0 saturated carbocycles. The third-order valence-corrected chi connectivity index (χ3v) is 3.88. The number of hydrogen-bond donors (Lipinski definition) is 2. The summed E-state index contributed by atoms with van der Waals surface area (Å²) in [6.45, 7) is 3.86. The number of carbonyl (C=O) groups excluding carboxylic acids is 1. The van der Waals surface area contributed by atoms with Crippen LogP contribution in [0.15, 0.2) is 28.2 Å². The maximum Gasteiger partial charge on any atom is 0.226 e. The minimum Gasteiger partial charge on any atom is -0.462 e. The average Bonchev–Trinajstić information content (AvgIpc) is 3.05. The van der Waals surface area contributed by atoms with Crippen LogP contribution in [-0.4, -0.2) is 28.6 Å². The van der Waals surface area contributed by atoms with Crippen LogP contribution < -0.4 is 5.32 Å². The minimum atomic E-state index is -0.217. The molecule has 0 aliphatic heterocycles. The largest absolute Gasteiger partial charge is 0.462 e. The molecule has 0 spiro atoms. The van der Waals surface area contributed by atoms with Gasteiger partial charge in [0.05, 0.1) is 31.0 Å². The Balaban J connectivity index is 1.95. The summed E-state index contributed by atoms with van der Waals surface area (Å²) in [6, 6.07) is 3.42. The standard InChI is InChI=1S/C14H18N2O3S/c1-9(2)11(7-17)16-13(18)6-10-8-20-14(15-10)12-4-3-5-19-12/h3-5,8-9,11,17H,6-7H2,1-2H3,(H,16,18). The van der Waals surface area contributed by atoms with E-state index in [0.29, 0.717) is 11.5 Å². The Kier molecular flexibility index (Phi) is 4.92. The number of aliphatic hydroxyl groups is 1. The summed E-state index contributed by atoms with van der Waals surface area (Å²) in [6.07, 6.45) is 1.80. The van der Waals surface area contributed by atoms with Crippen LogP contribution in [0.2, 0.25) is 0 Å². The first-order valence-electron chi connectivity index (χ1n) is 6.48. The van der Waals surface area contributed by atoms with Crippen LogP contribution in [0.4, 0.5) is 0 Å². The van der Waals surface area contributed by atoms with E-state index in [1.54, 1.807) is 12.3 Å². The molecule has 0 aromatic carbocycles. The Morgan fingerprint density at radius 3 is 2.95 bits per heavy atom. The fourth-order valence-electron chi connectivity index (χ4n) is 1.75. The molecule has 2 N–H and O–H groups in total. The summed E-state index contributed by atoms with van der Waals surface area (Å²) in [7, 11) is 0. The van der Waals surface area contributed by atoms with Gasteiger partial charge in [0.1, 0.15) is 0 Å². The summed E-state index contributed by atoms with van der Waals surface area (Å²) in [5.41, 5.74) is 0.708. The highest BCUT2D eigenvalue weighted by atomic mass is 32.1. The highest BCUT2D eigenvalue weighted by Gasteiger charge is 2.16. The van der Waals surface area contributed by atoms with Crippen molar-refractivity contribution in [1.29, 1.82) is 0 Å². The molecule has 2 aromatic rings. The first-order chi connectivity index (χ1) is 9.60. The van der Waals surface area contributed by atoms with Crippen LogP contribution >= 0.6 is 11.3 Å². The lowest BCUT2D eigenvalue weighted by molar-refractivity contribution is -0.121. The third kappa shape index (κ3) is 3.68. The number of thiazole rings is 1. The predicted molar refractivity (Wildman–Crippen MR) is 77.4 cm³/mol.